The molecular formula is C10H16O3. The minimum Gasteiger partial charge on any atom is -0.414 e. The Morgan fingerprint density at radius 3 is 3.08 bits per heavy atom. The lowest BCUT2D eigenvalue weighted by molar-refractivity contribution is -0.121. The van der Waals surface area contributed by atoms with Gasteiger partial charge in [0, 0.05) is 19.4 Å². The van der Waals surface area contributed by atoms with E-state index in [0.29, 0.717) is 12.8 Å². The first-order valence-corrected chi connectivity index (χ1v) is 4.79. The highest BCUT2D eigenvalue weighted by Crippen LogP contribution is 2.12. The quantitative estimate of drug-likeness (QED) is 0.530. The van der Waals surface area contributed by atoms with Crippen molar-refractivity contribution >= 4 is 0 Å². The lowest BCUT2D eigenvalue weighted by Gasteiger charge is -2.19. The molecule has 74 valence electrons. The number of aliphatic hydroxyl groups is 1. The van der Waals surface area contributed by atoms with Crippen LogP contribution in [-0.2, 0) is 9.47 Å². The molecule has 1 heterocycles. The molecule has 0 radical (unpaired) electrons. The minimum atomic E-state index is -0.129. The maximum atomic E-state index is 8.48. The molecule has 3 nitrogen and oxygen atoms in total. The molecule has 1 saturated heterocycles. The van der Waals surface area contributed by atoms with Crippen LogP contribution in [0.4, 0.5) is 0 Å². The summed E-state index contributed by atoms with van der Waals surface area (Å²) in [6, 6.07) is 0. The van der Waals surface area contributed by atoms with Crippen LogP contribution in [0.15, 0.2) is 0 Å². The number of hydrogen-bond donors (Lipinski definition) is 1. The molecule has 0 aliphatic carbocycles. The maximum Gasteiger partial charge on any atom is 0.210 e. The standard InChI is InChI=1S/C10H16O3/c11-7-3-1-4-8-12-10-6-2-5-9-13-10/h10-11H,1-3,5-7,9H2. The van der Waals surface area contributed by atoms with Crippen LogP contribution in [0.2, 0.25) is 0 Å². The highest BCUT2D eigenvalue weighted by molar-refractivity contribution is 4.91. The Balaban J connectivity index is 2.04. The second-order valence-electron chi connectivity index (χ2n) is 3.02. The summed E-state index contributed by atoms with van der Waals surface area (Å²) in [5.41, 5.74) is 0. The van der Waals surface area contributed by atoms with Crippen LogP contribution in [-0.4, -0.2) is 24.6 Å². The molecule has 0 aromatic rings. The lowest BCUT2D eigenvalue weighted by atomic mass is 10.2. The predicted molar refractivity (Wildman–Crippen MR) is 48.8 cm³/mol. The zero-order chi connectivity index (χ0) is 9.36. The van der Waals surface area contributed by atoms with Crippen LogP contribution in [0.25, 0.3) is 0 Å². The number of unbranched alkanes of at least 4 members (excludes halogenated alkanes) is 1. The van der Waals surface area contributed by atoms with E-state index >= 15 is 0 Å². The van der Waals surface area contributed by atoms with Crippen LogP contribution in [0.1, 0.15) is 32.1 Å². The molecule has 1 rings (SSSR count). The van der Waals surface area contributed by atoms with Gasteiger partial charge in [0.15, 0.2) is 0 Å². The molecule has 0 amide bonds. The first-order valence-electron chi connectivity index (χ1n) is 4.79. The Bertz CT molecular complexity index is 174. The predicted octanol–water partition coefficient (Wildman–Crippen LogP) is 1.26. The van der Waals surface area contributed by atoms with Gasteiger partial charge in [0.25, 0.3) is 0 Å². The molecule has 0 spiro atoms. The summed E-state index contributed by atoms with van der Waals surface area (Å²) < 4.78 is 10.5. The fourth-order valence-corrected chi connectivity index (χ4v) is 1.13. The molecular weight excluding hydrogens is 168 g/mol. The Hall–Kier alpha value is -0.720. The molecule has 0 bridgehead atoms. The zero-order valence-electron chi connectivity index (χ0n) is 7.79. The third-order valence-corrected chi connectivity index (χ3v) is 1.86. The number of rotatable bonds is 3. The van der Waals surface area contributed by atoms with E-state index in [2.05, 4.69) is 12.0 Å². The van der Waals surface area contributed by atoms with Gasteiger partial charge >= 0.3 is 0 Å². The molecule has 1 aliphatic rings. The minimum absolute atomic E-state index is 0.129. The number of ether oxygens (including phenoxy) is 2. The van der Waals surface area contributed by atoms with Gasteiger partial charge in [-0.25, -0.2) is 0 Å². The molecule has 0 aromatic heterocycles. The number of hydrogen-bond acceptors (Lipinski definition) is 3. The van der Waals surface area contributed by atoms with Gasteiger partial charge in [-0.1, -0.05) is 5.92 Å². The molecule has 1 fully saturated rings. The Labute approximate surface area is 79.0 Å². The van der Waals surface area contributed by atoms with Gasteiger partial charge in [-0.2, -0.15) is 0 Å². The van der Waals surface area contributed by atoms with Gasteiger partial charge in [-0.15, -0.1) is 0 Å². The fraction of sp³-hybridized carbons (Fsp3) is 0.800. The van der Waals surface area contributed by atoms with Gasteiger partial charge in [0.05, 0.1) is 6.61 Å². The highest BCUT2D eigenvalue weighted by atomic mass is 16.7. The van der Waals surface area contributed by atoms with Crippen molar-refractivity contribution in [2.75, 3.05) is 13.2 Å². The van der Waals surface area contributed by atoms with E-state index in [1.807, 2.05) is 0 Å². The SMILES string of the molecule is OCCCC#COC1CCCCO1. The van der Waals surface area contributed by atoms with E-state index in [1.54, 1.807) is 0 Å². The second kappa shape index (κ2) is 6.76. The Morgan fingerprint density at radius 1 is 1.46 bits per heavy atom. The van der Waals surface area contributed by atoms with Gasteiger partial charge in [-0.05, 0) is 19.3 Å². The molecule has 1 aliphatic heterocycles. The van der Waals surface area contributed by atoms with Crippen molar-refractivity contribution in [3.63, 3.8) is 0 Å². The monoisotopic (exact) mass is 184 g/mol. The van der Waals surface area contributed by atoms with E-state index in [0.717, 1.165) is 25.9 Å². The molecule has 1 atom stereocenters. The molecule has 0 saturated carbocycles. The third kappa shape index (κ3) is 4.76. The Kier molecular flexibility index (Phi) is 5.39. The van der Waals surface area contributed by atoms with Crippen molar-refractivity contribution < 1.29 is 14.6 Å². The summed E-state index contributed by atoms with van der Waals surface area (Å²) in [6.07, 6.45) is 7.09. The fourth-order valence-electron chi connectivity index (χ4n) is 1.13. The molecule has 1 N–H and O–H groups in total. The molecule has 1 unspecified atom stereocenters. The van der Waals surface area contributed by atoms with Crippen LogP contribution in [0.5, 0.6) is 0 Å². The topological polar surface area (TPSA) is 38.7 Å². The molecule has 3 heteroatoms. The van der Waals surface area contributed by atoms with Gasteiger partial charge in [0.1, 0.15) is 6.11 Å². The van der Waals surface area contributed by atoms with Crippen molar-refractivity contribution in [1.82, 2.24) is 0 Å². The van der Waals surface area contributed by atoms with Crippen LogP contribution >= 0.6 is 0 Å². The van der Waals surface area contributed by atoms with Crippen molar-refractivity contribution in [2.24, 2.45) is 0 Å². The molecule has 13 heavy (non-hydrogen) atoms. The smallest absolute Gasteiger partial charge is 0.210 e. The molecule has 0 aromatic carbocycles. The van der Waals surface area contributed by atoms with Crippen LogP contribution in [0.3, 0.4) is 0 Å². The van der Waals surface area contributed by atoms with Crippen LogP contribution < -0.4 is 0 Å². The van der Waals surface area contributed by atoms with E-state index in [4.69, 9.17) is 14.6 Å². The lowest BCUT2D eigenvalue weighted by Crippen LogP contribution is -2.20. The summed E-state index contributed by atoms with van der Waals surface area (Å²) in [5.74, 6) is 2.82. The van der Waals surface area contributed by atoms with Gasteiger partial charge < -0.3 is 14.6 Å². The van der Waals surface area contributed by atoms with Crippen molar-refractivity contribution in [1.29, 1.82) is 0 Å². The van der Waals surface area contributed by atoms with Crippen LogP contribution in [0, 0.1) is 12.0 Å². The summed E-state index contributed by atoms with van der Waals surface area (Å²) in [6.45, 7) is 0.970. The highest BCUT2D eigenvalue weighted by Gasteiger charge is 2.12. The van der Waals surface area contributed by atoms with E-state index in [9.17, 15) is 0 Å². The summed E-state index contributed by atoms with van der Waals surface area (Å²) >= 11 is 0. The number of aliphatic hydroxyl groups excluding tert-OH is 1. The third-order valence-electron chi connectivity index (χ3n) is 1.86. The maximum absolute atomic E-state index is 8.48. The normalized spacial score (nSPS) is 21.8. The zero-order valence-corrected chi connectivity index (χ0v) is 7.79. The van der Waals surface area contributed by atoms with Gasteiger partial charge in [-0.3, -0.25) is 0 Å². The first kappa shape index (κ1) is 10.4. The van der Waals surface area contributed by atoms with Crippen molar-refractivity contribution in [3.05, 3.63) is 0 Å². The first-order chi connectivity index (χ1) is 6.43. The van der Waals surface area contributed by atoms with E-state index < -0.39 is 0 Å². The van der Waals surface area contributed by atoms with Crippen molar-refractivity contribution in [3.8, 4) is 12.0 Å². The van der Waals surface area contributed by atoms with E-state index in [-0.39, 0.29) is 12.9 Å². The largest absolute Gasteiger partial charge is 0.414 e. The summed E-state index contributed by atoms with van der Waals surface area (Å²) in [5, 5.41) is 8.48. The summed E-state index contributed by atoms with van der Waals surface area (Å²) in [7, 11) is 0. The summed E-state index contributed by atoms with van der Waals surface area (Å²) in [4.78, 5) is 0. The Morgan fingerprint density at radius 2 is 2.38 bits per heavy atom. The average molecular weight is 184 g/mol. The second-order valence-corrected chi connectivity index (χ2v) is 3.02. The van der Waals surface area contributed by atoms with Gasteiger partial charge in [0.2, 0.25) is 6.29 Å². The van der Waals surface area contributed by atoms with E-state index in [1.165, 1.54) is 0 Å². The average Bonchev–Trinajstić information content (AvgIpc) is 2.19. The van der Waals surface area contributed by atoms with Crippen molar-refractivity contribution in [2.45, 2.75) is 38.4 Å².